The van der Waals surface area contributed by atoms with Crippen LogP contribution in [-0.2, 0) is 6.54 Å². The van der Waals surface area contributed by atoms with Gasteiger partial charge < -0.3 is 15.5 Å². The number of nitrogens with one attached hydrogen (secondary N) is 1. The van der Waals surface area contributed by atoms with Gasteiger partial charge in [0.1, 0.15) is 16.5 Å². The minimum Gasteiger partial charge on any atom is -0.508 e. The molecular formula is C13H14N2O3S. The third-order valence-corrected chi connectivity index (χ3v) is 3.77. The summed E-state index contributed by atoms with van der Waals surface area (Å²) in [5.74, 6) is -0.729. The lowest BCUT2D eigenvalue weighted by Crippen LogP contribution is -2.22. The van der Waals surface area contributed by atoms with Gasteiger partial charge in [-0.2, -0.15) is 0 Å². The quantitative estimate of drug-likeness (QED) is 0.803. The molecule has 0 aliphatic heterocycles. The van der Waals surface area contributed by atoms with Crippen LogP contribution in [0.25, 0.3) is 0 Å². The number of phenols is 2. The Balaban J connectivity index is 2.05. The van der Waals surface area contributed by atoms with Gasteiger partial charge in [-0.25, -0.2) is 4.98 Å². The highest BCUT2D eigenvalue weighted by Gasteiger charge is 2.12. The number of aromatic nitrogens is 1. The van der Waals surface area contributed by atoms with Crippen molar-refractivity contribution < 1.29 is 15.0 Å². The number of carbonyl (C=O) groups excluding carboxylic acids is 1. The third-order valence-electron chi connectivity index (χ3n) is 2.70. The molecule has 0 saturated heterocycles. The highest BCUT2D eigenvalue weighted by atomic mass is 32.1. The molecule has 0 saturated carbocycles. The summed E-state index contributed by atoms with van der Waals surface area (Å²) in [5, 5.41) is 22.2. The monoisotopic (exact) mass is 278 g/mol. The van der Waals surface area contributed by atoms with E-state index in [0.717, 1.165) is 21.6 Å². The van der Waals surface area contributed by atoms with E-state index in [4.69, 9.17) is 5.11 Å². The predicted octanol–water partition coefficient (Wildman–Crippen LogP) is 2.10. The number of aromatic hydroxyl groups is 2. The van der Waals surface area contributed by atoms with Crippen LogP contribution in [0.1, 0.15) is 25.9 Å². The summed E-state index contributed by atoms with van der Waals surface area (Å²) in [4.78, 5) is 17.3. The van der Waals surface area contributed by atoms with Gasteiger partial charge >= 0.3 is 0 Å². The molecule has 1 aromatic heterocycles. The molecule has 0 spiro atoms. The Morgan fingerprint density at radius 2 is 2.11 bits per heavy atom. The molecular weight excluding hydrogens is 264 g/mol. The van der Waals surface area contributed by atoms with Crippen molar-refractivity contribution >= 4 is 17.2 Å². The van der Waals surface area contributed by atoms with Crippen molar-refractivity contribution in [1.82, 2.24) is 10.3 Å². The molecule has 1 amide bonds. The fraction of sp³-hybridized carbons (Fsp3) is 0.231. The van der Waals surface area contributed by atoms with Gasteiger partial charge in [-0.1, -0.05) is 0 Å². The maximum Gasteiger partial charge on any atom is 0.255 e. The third kappa shape index (κ3) is 3.03. The van der Waals surface area contributed by atoms with Gasteiger partial charge in [0.05, 0.1) is 17.8 Å². The standard InChI is InChI=1S/C13H14N2O3S/c1-7-8(2)19-12(15-7)6-14-13(18)10-4-3-9(16)5-11(10)17/h3-5,16-17H,6H2,1-2H3,(H,14,18). The van der Waals surface area contributed by atoms with Crippen LogP contribution in [0.5, 0.6) is 11.5 Å². The van der Waals surface area contributed by atoms with Crippen LogP contribution in [0, 0.1) is 13.8 Å². The first kappa shape index (κ1) is 13.4. The second kappa shape index (κ2) is 5.27. The summed E-state index contributed by atoms with van der Waals surface area (Å²) >= 11 is 1.53. The van der Waals surface area contributed by atoms with Crippen LogP contribution >= 0.6 is 11.3 Å². The average Bonchev–Trinajstić information content (AvgIpc) is 2.66. The van der Waals surface area contributed by atoms with Crippen molar-refractivity contribution in [2.75, 3.05) is 0 Å². The fourth-order valence-corrected chi connectivity index (χ4v) is 2.45. The SMILES string of the molecule is Cc1nc(CNC(=O)c2ccc(O)cc2O)sc1C. The first-order valence-electron chi connectivity index (χ1n) is 5.70. The molecule has 0 aliphatic carbocycles. The molecule has 0 atom stereocenters. The lowest BCUT2D eigenvalue weighted by Gasteiger charge is -2.05. The van der Waals surface area contributed by atoms with Crippen molar-refractivity contribution in [2.24, 2.45) is 0 Å². The van der Waals surface area contributed by atoms with E-state index in [1.54, 1.807) is 0 Å². The number of phenolic OH excluding ortho intramolecular Hbond substituents is 2. The van der Waals surface area contributed by atoms with E-state index in [0.29, 0.717) is 6.54 Å². The number of benzene rings is 1. The van der Waals surface area contributed by atoms with E-state index < -0.39 is 5.91 Å². The molecule has 2 rings (SSSR count). The number of hydrogen-bond acceptors (Lipinski definition) is 5. The Bertz CT molecular complexity index is 603. The molecule has 0 unspecified atom stereocenters. The maximum atomic E-state index is 11.9. The number of hydrogen-bond donors (Lipinski definition) is 3. The second-order valence-electron chi connectivity index (χ2n) is 4.13. The Labute approximate surface area is 114 Å². The zero-order valence-electron chi connectivity index (χ0n) is 10.6. The average molecular weight is 278 g/mol. The van der Waals surface area contributed by atoms with Crippen molar-refractivity contribution in [1.29, 1.82) is 0 Å². The normalized spacial score (nSPS) is 10.4. The van der Waals surface area contributed by atoms with Gasteiger partial charge in [-0.3, -0.25) is 4.79 Å². The van der Waals surface area contributed by atoms with Crippen LogP contribution in [0.15, 0.2) is 18.2 Å². The largest absolute Gasteiger partial charge is 0.508 e. The first-order valence-corrected chi connectivity index (χ1v) is 6.52. The van der Waals surface area contributed by atoms with E-state index >= 15 is 0 Å². The molecule has 0 bridgehead atoms. The van der Waals surface area contributed by atoms with Crippen LogP contribution < -0.4 is 5.32 Å². The van der Waals surface area contributed by atoms with Crippen LogP contribution in [0.2, 0.25) is 0 Å². The minimum atomic E-state index is -0.400. The number of rotatable bonds is 3. The van der Waals surface area contributed by atoms with E-state index in [-0.39, 0.29) is 17.1 Å². The number of nitrogens with zero attached hydrogens (tertiary/aromatic N) is 1. The highest BCUT2D eigenvalue weighted by Crippen LogP contribution is 2.22. The Morgan fingerprint density at radius 1 is 1.37 bits per heavy atom. The molecule has 0 fully saturated rings. The van der Waals surface area contributed by atoms with Crippen LogP contribution in [0.4, 0.5) is 0 Å². The molecule has 1 aromatic carbocycles. The Hall–Kier alpha value is -2.08. The highest BCUT2D eigenvalue weighted by molar-refractivity contribution is 7.11. The zero-order chi connectivity index (χ0) is 14.0. The summed E-state index contributed by atoms with van der Waals surface area (Å²) < 4.78 is 0. The molecule has 19 heavy (non-hydrogen) atoms. The van der Waals surface area contributed by atoms with E-state index in [9.17, 15) is 9.90 Å². The summed E-state index contributed by atoms with van der Waals surface area (Å²) in [6.45, 7) is 4.21. The van der Waals surface area contributed by atoms with E-state index in [1.165, 1.54) is 23.5 Å². The summed E-state index contributed by atoms with van der Waals surface area (Å²) in [5.41, 5.74) is 1.09. The molecule has 5 nitrogen and oxygen atoms in total. The number of carbonyl (C=O) groups is 1. The van der Waals surface area contributed by atoms with Crippen molar-refractivity contribution in [2.45, 2.75) is 20.4 Å². The molecule has 3 N–H and O–H groups in total. The van der Waals surface area contributed by atoms with Gasteiger partial charge in [0.2, 0.25) is 0 Å². The van der Waals surface area contributed by atoms with Crippen molar-refractivity contribution in [3.63, 3.8) is 0 Å². The number of thiazole rings is 1. The van der Waals surface area contributed by atoms with Crippen molar-refractivity contribution in [3.05, 3.63) is 39.3 Å². The van der Waals surface area contributed by atoms with Gasteiger partial charge in [-0.15, -0.1) is 11.3 Å². The first-order chi connectivity index (χ1) is 8.97. The topological polar surface area (TPSA) is 82.5 Å². The van der Waals surface area contributed by atoms with Gasteiger partial charge in [0, 0.05) is 10.9 Å². The molecule has 0 radical (unpaired) electrons. The van der Waals surface area contributed by atoms with E-state index in [2.05, 4.69) is 10.3 Å². The van der Waals surface area contributed by atoms with Gasteiger partial charge in [-0.05, 0) is 26.0 Å². The molecule has 2 aromatic rings. The summed E-state index contributed by atoms with van der Waals surface area (Å²) in [7, 11) is 0. The molecule has 0 aliphatic rings. The summed E-state index contributed by atoms with van der Waals surface area (Å²) in [6.07, 6.45) is 0. The van der Waals surface area contributed by atoms with Crippen LogP contribution in [0.3, 0.4) is 0 Å². The smallest absolute Gasteiger partial charge is 0.255 e. The fourth-order valence-electron chi connectivity index (χ4n) is 1.58. The zero-order valence-corrected chi connectivity index (χ0v) is 11.4. The molecule has 100 valence electrons. The van der Waals surface area contributed by atoms with E-state index in [1.807, 2.05) is 13.8 Å². The Morgan fingerprint density at radius 3 is 2.68 bits per heavy atom. The number of aryl methyl sites for hydroxylation is 2. The van der Waals surface area contributed by atoms with Crippen molar-refractivity contribution in [3.8, 4) is 11.5 Å². The molecule has 6 heteroatoms. The molecule has 1 heterocycles. The second-order valence-corrected chi connectivity index (χ2v) is 5.42. The van der Waals surface area contributed by atoms with Gasteiger partial charge in [0.15, 0.2) is 0 Å². The minimum absolute atomic E-state index is 0.0831. The predicted molar refractivity (Wildman–Crippen MR) is 72.5 cm³/mol. The number of amides is 1. The maximum absolute atomic E-state index is 11.9. The Kier molecular flexibility index (Phi) is 3.71. The van der Waals surface area contributed by atoms with Crippen LogP contribution in [-0.4, -0.2) is 21.1 Å². The van der Waals surface area contributed by atoms with Gasteiger partial charge in [0.25, 0.3) is 5.91 Å². The summed E-state index contributed by atoms with van der Waals surface area (Å²) in [6, 6.07) is 3.86. The lowest BCUT2D eigenvalue weighted by atomic mass is 10.2. The lowest BCUT2D eigenvalue weighted by molar-refractivity contribution is 0.0948.